The number of hydrazine groups is 1. The maximum Gasteiger partial charge on any atom is 0.0947 e. The molecular weight excluding hydrogens is 282 g/mol. The molecule has 0 aromatic carbocycles. The molecule has 6 heteroatoms. The van der Waals surface area contributed by atoms with E-state index >= 15 is 0 Å². The van der Waals surface area contributed by atoms with Crippen LogP contribution in [0.1, 0.15) is 22.5 Å². The van der Waals surface area contributed by atoms with Crippen molar-refractivity contribution in [1.29, 1.82) is 0 Å². The van der Waals surface area contributed by atoms with Crippen LogP contribution in [0.15, 0.2) is 0 Å². The van der Waals surface area contributed by atoms with Gasteiger partial charge >= 0.3 is 0 Å². The Morgan fingerprint density at radius 2 is 2.11 bits per heavy atom. The molecule has 0 radical (unpaired) electrons. The van der Waals surface area contributed by atoms with Crippen LogP contribution < -0.4 is 11.3 Å². The number of nitrogens with one attached hydrogen (secondary N) is 1. The van der Waals surface area contributed by atoms with Crippen molar-refractivity contribution in [2.75, 3.05) is 11.5 Å². The van der Waals surface area contributed by atoms with Crippen LogP contribution in [-0.4, -0.2) is 33.0 Å². The second-order valence-electron chi connectivity index (χ2n) is 4.64. The topological polar surface area (TPSA) is 50.9 Å². The lowest BCUT2D eigenvalue weighted by Crippen LogP contribution is -2.48. The third kappa shape index (κ3) is 3.42. The second-order valence-corrected chi connectivity index (χ2v) is 8.70. The zero-order valence-corrected chi connectivity index (χ0v) is 13.6. The van der Waals surface area contributed by atoms with Crippen LogP contribution in [0.3, 0.4) is 0 Å². The van der Waals surface area contributed by atoms with Crippen molar-refractivity contribution in [1.82, 2.24) is 10.4 Å². The minimum atomic E-state index is 0.322. The predicted octanol–water partition coefficient (Wildman–Crippen LogP) is 2.37. The molecule has 1 aromatic heterocycles. The summed E-state index contributed by atoms with van der Waals surface area (Å²) in [6, 6.07) is 0.322. The molecule has 1 aliphatic rings. The van der Waals surface area contributed by atoms with E-state index in [1.165, 1.54) is 21.4 Å². The van der Waals surface area contributed by atoms with Gasteiger partial charge in [-0.2, -0.15) is 23.5 Å². The highest BCUT2D eigenvalue weighted by Crippen LogP contribution is 2.34. The molecule has 0 aliphatic carbocycles. The monoisotopic (exact) mass is 303 g/mol. The standard InChI is InChI=1S/C12H21N3S3/c1-7-8(2)18-11(14-7)6-10(15-13)12-9(3)16-4-5-17-12/h9-10,12,15H,4-6,13H2,1-3H3. The van der Waals surface area contributed by atoms with Gasteiger partial charge in [0.05, 0.1) is 10.7 Å². The van der Waals surface area contributed by atoms with Crippen molar-refractivity contribution >= 4 is 34.9 Å². The first-order valence-electron chi connectivity index (χ1n) is 6.24. The van der Waals surface area contributed by atoms with Gasteiger partial charge in [-0.15, -0.1) is 11.3 Å². The summed E-state index contributed by atoms with van der Waals surface area (Å²) in [5.74, 6) is 8.25. The Bertz CT molecular complexity index is 374. The van der Waals surface area contributed by atoms with Crippen LogP contribution in [0, 0.1) is 13.8 Å². The quantitative estimate of drug-likeness (QED) is 0.661. The van der Waals surface area contributed by atoms with E-state index in [2.05, 4.69) is 42.9 Å². The molecule has 1 saturated heterocycles. The van der Waals surface area contributed by atoms with Crippen LogP contribution in [-0.2, 0) is 6.42 Å². The lowest BCUT2D eigenvalue weighted by molar-refractivity contribution is 0.500. The number of aryl methyl sites for hydroxylation is 2. The summed E-state index contributed by atoms with van der Waals surface area (Å²) < 4.78 is 0. The summed E-state index contributed by atoms with van der Waals surface area (Å²) in [6.45, 7) is 6.52. The van der Waals surface area contributed by atoms with Gasteiger partial charge < -0.3 is 0 Å². The fraction of sp³-hybridized carbons (Fsp3) is 0.750. The van der Waals surface area contributed by atoms with E-state index < -0.39 is 0 Å². The van der Waals surface area contributed by atoms with Gasteiger partial charge in [0, 0.05) is 39.3 Å². The Morgan fingerprint density at radius 3 is 2.67 bits per heavy atom. The van der Waals surface area contributed by atoms with Crippen molar-refractivity contribution in [2.45, 2.75) is 43.7 Å². The van der Waals surface area contributed by atoms with Crippen LogP contribution in [0.5, 0.6) is 0 Å². The summed E-state index contributed by atoms with van der Waals surface area (Å²) in [7, 11) is 0. The van der Waals surface area contributed by atoms with Crippen molar-refractivity contribution in [2.24, 2.45) is 5.84 Å². The van der Waals surface area contributed by atoms with Crippen LogP contribution in [0.25, 0.3) is 0 Å². The third-order valence-electron chi connectivity index (χ3n) is 3.32. The average Bonchev–Trinajstić information content (AvgIpc) is 2.66. The van der Waals surface area contributed by atoms with Gasteiger partial charge in [0.2, 0.25) is 0 Å². The highest BCUT2D eigenvalue weighted by molar-refractivity contribution is 8.07. The van der Waals surface area contributed by atoms with Gasteiger partial charge in [0.1, 0.15) is 0 Å². The van der Waals surface area contributed by atoms with E-state index in [-0.39, 0.29) is 0 Å². The zero-order chi connectivity index (χ0) is 13.1. The Labute approximate surface area is 122 Å². The summed E-state index contributed by atoms with van der Waals surface area (Å²) in [6.07, 6.45) is 0.943. The molecule has 0 amide bonds. The van der Waals surface area contributed by atoms with E-state index in [9.17, 15) is 0 Å². The number of thiazole rings is 1. The van der Waals surface area contributed by atoms with Crippen molar-refractivity contribution in [3.05, 3.63) is 15.6 Å². The van der Waals surface area contributed by atoms with Crippen molar-refractivity contribution in [3.8, 4) is 0 Å². The Morgan fingerprint density at radius 1 is 1.39 bits per heavy atom. The number of hydrogen-bond acceptors (Lipinski definition) is 6. The van der Waals surface area contributed by atoms with Gasteiger partial charge in [0.25, 0.3) is 0 Å². The van der Waals surface area contributed by atoms with Crippen LogP contribution >= 0.6 is 34.9 Å². The maximum absolute atomic E-state index is 5.76. The normalized spacial score (nSPS) is 26.2. The first kappa shape index (κ1) is 14.7. The maximum atomic E-state index is 5.76. The zero-order valence-electron chi connectivity index (χ0n) is 11.1. The average molecular weight is 304 g/mol. The summed E-state index contributed by atoms with van der Waals surface area (Å²) in [4.78, 5) is 5.94. The molecular formula is C12H21N3S3. The van der Waals surface area contributed by atoms with Crippen molar-refractivity contribution in [3.63, 3.8) is 0 Å². The van der Waals surface area contributed by atoms with Crippen LogP contribution in [0.4, 0.5) is 0 Å². The molecule has 0 saturated carbocycles. The van der Waals surface area contributed by atoms with E-state index in [1.54, 1.807) is 11.3 Å². The molecule has 1 aliphatic heterocycles. The summed E-state index contributed by atoms with van der Waals surface area (Å²) in [5, 5.41) is 2.45. The fourth-order valence-electron chi connectivity index (χ4n) is 2.18. The number of aromatic nitrogens is 1. The minimum absolute atomic E-state index is 0.322. The number of rotatable bonds is 4. The second kappa shape index (κ2) is 6.61. The number of thioether (sulfide) groups is 2. The Hall–Kier alpha value is 0.250. The fourth-order valence-corrected chi connectivity index (χ4v) is 6.11. The highest BCUT2D eigenvalue weighted by atomic mass is 32.2. The molecule has 1 fully saturated rings. The van der Waals surface area contributed by atoms with E-state index in [1.807, 2.05) is 11.8 Å². The molecule has 3 unspecified atom stereocenters. The SMILES string of the molecule is Cc1nc(CC(NN)C2SCCSC2C)sc1C. The summed E-state index contributed by atoms with van der Waals surface area (Å²) in [5.41, 5.74) is 4.17. The number of nitrogens with zero attached hydrogens (tertiary/aromatic N) is 1. The Balaban J connectivity index is 2.04. The van der Waals surface area contributed by atoms with Gasteiger partial charge in [0.15, 0.2) is 0 Å². The van der Waals surface area contributed by atoms with Gasteiger partial charge in [-0.3, -0.25) is 11.3 Å². The molecule has 3 N–H and O–H groups in total. The van der Waals surface area contributed by atoms with E-state index in [0.29, 0.717) is 16.5 Å². The first-order chi connectivity index (χ1) is 8.61. The first-order valence-corrected chi connectivity index (χ1v) is 9.15. The number of hydrogen-bond donors (Lipinski definition) is 2. The molecule has 2 heterocycles. The van der Waals surface area contributed by atoms with Crippen LogP contribution in [0.2, 0.25) is 0 Å². The molecule has 18 heavy (non-hydrogen) atoms. The summed E-state index contributed by atoms with van der Waals surface area (Å²) >= 11 is 5.90. The van der Waals surface area contributed by atoms with E-state index in [4.69, 9.17) is 5.84 Å². The molecule has 3 nitrogen and oxygen atoms in total. The minimum Gasteiger partial charge on any atom is -0.271 e. The molecule has 1 aromatic rings. The lowest BCUT2D eigenvalue weighted by atomic mass is 10.1. The third-order valence-corrected chi connectivity index (χ3v) is 7.66. The number of nitrogens with two attached hydrogens (primary N) is 1. The molecule has 0 bridgehead atoms. The molecule has 2 rings (SSSR count). The molecule has 3 atom stereocenters. The Kier molecular flexibility index (Phi) is 5.38. The predicted molar refractivity (Wildman–Crippen MR) is 84.6 cm³/mol. The van der Waals surface area contributed by atoms with Gasteiger partial charge in [-0.05, 0) is 13.8 Å². The lowest BCUT2D eigenvalue weighted by Gasteiger charge is -2.33. The molecule has 102 valence electrons. The van der Waals surface area contributed by atoms with E-state index in [0.717, 1.165) is 12.1 Å². The smallest absolute Gasteiger partial charge is 0.0947 e. The van der Waals surface area contributed by atoms with Gasteiger partial charge in [-0.1, -0.05) is 6.92 Å². The van der Waals surface area contributed by atoms with Crippen molar-refractivity contribution < 1.29 is 0 Å². The highest BCUT2D eigenvalue weighted by Gasteiger charge is 2.30. The largest absolute Gasteiger partial charge is 0.271 e. The van der Waals surface area contributed by atoms with Gasteiger partial charge in [-0.25, -0.2) is 4.98 Å². The molecule has 0 spiro atoms.